The van der Waals surface area contributed by atoms with E-state index in [1.165, 1.54) is 18.2 Å². The maximum atomic E-state index is 13.6. The average Bonchev–Trinajstić information content (AvgIpc) is 3.17. The number of phenolic OH excluding ortho intramolecular Hbond substituents is 1. The molecule has 2 aromatic rings. The second kappa shape index (κ2) is 10.3. The van der Waals surface area contributed by atoms with Crippen LogP contribution < -0.4 is 9.47 Å². The quantitative estimate of drug-likeness (QED) is 0.164. The van der Waals surface area contributed by atoms with Crippen molar-refractivity contribution in [2.75, 3.05) is 19.8 Å². The van der Waals surface area contributed by atoms with E-state index in [1.807, 2.05) is 0 Å². The molecule has 39 heavy (non-hydrogen) atoms. The second-order valence-corrected chi connectivity index (χ2v) is 10.1. The Bertz CT molecular complexity index is 1260. The highest BCUT2D eigenvalue weighted by molar-refractivity contribution is 6.15. The Kier molecular flexibility index (Phi) is 7.30. The van der Waals surface area contributed by atoms with E-state index in [4.69, 9.17) is 18.9 Å². The van der Waals surface area contributed by atoms with Crippen molar-refractivity contribution in [2.45, 2.75) is 62.0 Å². The zero-order valence-electron chi connectivity index (χ0n) is 20.8. The summed E-state index contributed by atoms with van der Waals surface area (Å²) in [5, 5.41) is 81.0. The monoisotopic (exact) mass is 550 g/mol. The topological polar surface area (TPSA) is 216 Å². The van der Waals surface area contributed by atoms with Gasteiger partial charge in [0.2, 0.25) is 18.4 Å². The first kappa shape index (κ1) is 27.7. The van der Waals surface area contributed by atoms with Crippen LogP contribution in [-0.2, 0) is 15.9 Å². The molecule has 0 radical (unpaired) electrons. The number of aryl methyl sites for hydroxylation is 1. The summed E-state index contributed by atoms with van der Waals surface area (Å²) in [4.78, 5) is 13.6. The number of phenols is 1. The Hall–Kier alpha value is -2.85. The second-order valence-electron chi connectivity index (χ2n) is 10.1. The number of ketones is 1. The highest BCUT2D eigenvalue weighted by Crippen LogP contribution is 2.41. The summed E-state index contributed by atoms with van der Waals surface area (Å²) in [6, 6.07) is 5.91. The minimum absolute atomic E-state index is 0.00529. The van der Waals surface area contributed by atoms with Gasteiger partial charge >= 0.3 is 0 Å². The molecule has 0 amide bonds. The lowest BCUT2D eigenvalue weighted by Crippen LogP contribution is -2.60. The van der Waals surface area contributed by atoms with Crippen LogP contribution in [0.2, 0.25) is 0 Å². The van der Waals surface area contributed by atoms with Gasteiger partial charge in [-0.3, -0.25) is 4.79 Å². The number of benzene rings is 2. The Morgan fingerprint density at radius 1 is 0.949 bits per heavy atom. The molecule has 2 fully saturated rings. The van der Waals surface area contributed by atoms with Crippen LogP contribution >= 0.6 is 0 Å². The number of carbonyl (C=O) groups excluding carboxylic acids is 1. The molecule has 0 saturated carbocycles. The molecular formula is C26H30O13. The van der Waals surface area contributed by atoms with Crippen molar-refractivity contribution in [3.63, 3.8) is 0 Å². The van der Waals surface area contributed by atoms with E-state index >= 15 is 0 Å². The third-order valence-electron chi connectivity index (χ3n) is 7.26. The van der Waals surface area contributed by atoms with Crippen molar-refractivity contribution in [1.82, 2.24) is 0 Å². The number of carbonyl (C=O) groups is 1. The highest BCUT2D eigenvalue weighted by atomic mass is 16.7. The van der Waals surface area contributed by atoms with Gasteiger partial charge in [-0.05, 0) is 42.2 Å². The van der Waals surface area contributed by atoms with Gasteiger partial charge in [-0.1, -0.05) is 6.07 Å². The lowest BCUT2D eigenvalue weighted by molar-refractivity contribution is -0.277. The van der Waals surface area contributed by atoms with Gasteiger partial charge in [-0.25, -0.2) is 0 Å². The van der Waals surface area contributed by atoms with Gasteiger partial charge in [0, 0.05) is 6.07 Å². The van der Waals surface area contributed by atoms with Crippen LogP contribution in [0.3, 0.4) is 0 Å². The number of aliphatic hydroxyl groups is 7. The van der Waals surface area contributed by atoms with Crippen LogP contribution in [0.1, 0.15) is 32.6 Å². The van der Waals surface area contributed by atoms with Gasteiger partial charge in [-0.15, -0.1) is 0 Å². The largest absolute Gasteiger partial charge is 0.507 e. The number of fused-ring (bicyclic) bond motifs is 2. The van der Waals surface area contributed by atoms with Crippen LogP contribution in [0.15, 0.2) is 24.3 Å². The Labute approximate surface area is 222 Å². The molecule has 2 aromatic carbocycles. The summed E-state index contributed by atoms with van der Waals surface area (Å²) in [7, 11) is 0. The van der Waals surface area contributed by atoms with Crippen LogP contribution in [-0.4, -0.2) is 115 Å². The molecule has 1 aliphatic carbocycles. The first-order valence-corrected chi connectivity index (χ1v) is 12.3. The zero-order chi connectivity index (χ0) is 28.2. The van der Waals surface area contributed by atoms with E-state index in [9.17, 15) is 45.6 Å². The fourth-order valence-corrected chi connectivity index (χ4v) is 5.09. The van der Waals surface area contributed by atoms with Crippen molar-refractivity contribution in [2.24, 2.45) is 0 Å². The first-order valence-electron chi connectivity index (χ1n) is 12.3. The van der Waals surface area contributed by atoms with E-state index < -0.39 is 74.3 Å². The average molecular weight is 551 g/mol. The minimum Gasteiger partial charge on any atom is -0.507 e. The van der Waals surface area contributed by atoms with E-state index in [0.29, 0.717) is 11.1 Å². The summed E-state index contributed by atoms with van der Waals surface area (Å²) >= 11 is 0. The Morgan fingerprint density at radius 2 is 1.67 bits per heavy atom. The molecule has 8 N–H and O–H groups in total. The number of aromatic hydroxyl groups is 1. The summed E-state index contributed by atoms with van der Waals surface area (Å²) in [5.74, 6) is -0.993. The predicted octanol–water partition coefficient (Wildman–Crippen LogP) is -2.17. The molecule has 0 spiro atoms. The lowest BCUT2D eigenvalue weighted by atomic mass is 9.83. The standard InChI is InChI=1S/C26H30O13/c1-10-2-11-4-12-5-13(37-25-23(34)26(35,8-28)9-36-25)6-15(18(12)20(31)17(11)14(29)3-10)38-24-22(33)21(32)19(30)16(7-27)39-24/h2-3,5-6,16,19,21-25,27-30,32-35H,4,7-9H2,1H3. The van der Waals surface area contributed by atoms with Crippen LogP contribution in [0, 0.1) is 6.92 Å². The van der Waals surface area contributed by atoms with E-state index in [0.717, 1.165) is 5.56 Å². The summed E-state index contributed by atoms with van der Waals surface area (Å²) in [6.07, 6.45) is -10.9. The van der Waals surface area contributed by atoms with Gasteiger partial charge in [0.05, 0.1) is 30.9 Å². The molecule has 3 aliphatic rings. The van der Waals surface area contributed by atoms with Gasteiger partial charge in [0.15, 0.2) is 0 Å². The van der Waals surface area contributed by atoms with Gasteiger partial charge in [-0.2, -0.15) is 0 Å². The fraction of sp³-hybridized carbons (Fsp3) is 0.500. The summed E-state index contributed by atoms with van der Waals surface area (Å²) < 4.78 is 22.3. The predicted molar refractivity (Wildman–Crippen MR) is 128 cm³/mol. The third kappa shape index (κ3) is 4.75. The van der Waals surface area contributed by atoms with Gasteiger partial charge < -0.3 is 59.8 Å². The Morgan fingerprint density at radius 3 is 2.33 bits per heavy atom. The van der Waals surface area contributed by atoms with E-state index in [1.54, 1.807) is 13.0 Å². The molecule has 2 heterocycles. The molecule has 2 saturated heterocycles. The maximum Gasteiger partial charge on any atom is 0.229 e. The normalized spacial score (nSPS) is 33.9. The number of ether oxygens (including phenoxy) is 4. The van der Waals surface area contributed by atoms with Crippen molar-refractivity contribution in [3.8, 4) is 17.2 Å². The molecule has 0 aromatic heterocycles. The van der Waals surface area contributed by atoms with Gasteiger partial charge in [0.1, 0.15) is 53.4 Å². The molecule has 13 nitrogen and oxygen atoms in total. The fourth-order valence-electron chi connectivity index (χ4n) is 5.09. The van der Waals surface area contributed by atoms with Crippen LogP contribution in [0.25, 0.3) is 0 Å². The molecule has 5 rings (SSSR count). The molecule has 8 atom stereocenters. The lowest BCUT2D eigenvalue weighted by Gasteiger charge is -2.40. The van der Waals surface area contributed by atoms with Crippen molar-refractivity contribution in [1.29, 1.82) is 0 Å². The summed E-state index contributed by atoms with van der Waals surface area (Å²) in [6.45, 7) is -0.124. The molecule has 8 unspecified atom stereocenters. The molecule has 212 valence electrons. The minimum atomic E-state index is -1.95. The van der Waals surface area contributed by atoms with Crippen molar-refractivity contribution in [3.05, 3.63) is 52.1 Å². The zero-order valence-corrected chi connectivity index (χ0v) is 20.8. The van der Waals surface area contributed by atoms with Crippen LogP contribution in [0.5, 0.6) is 17.2 Å². The highest BCUT2D eigenvalue weighted by Gasteiger charge is 2.49. The first-order chi connectivity index (χ1) is 18.5. The third-order valence-corrected chi connectivity index (χ3v) is 7.26. The van der Waals surface area contributed by atoms with Gasteiger partial charge in [0.25, 0.3) is 0 Å². The Balaban J connectivity index is 1.55. The molecule has 0 bridgehead atoms. The van der Waals surface area contributed by atoms with E-state index in [2.05, 4.69) is 0 Å². The maximum absolute atomic E-state index is 13.6. The van der Waals surface area contributed by atoms with Crippen molar-refractivity contribution >= 4 is 5.78 Å². The SMILES string of the molecule is Cc1cc(O)c2c(c1)Cc1cc(OC3OCC(O)(CO)C3O)cc(OC3OC(CO)C(O)C(O)C3O)c1C2=O. The summed E-state index contributed by atoms with van der Waals surface area (Å²) in [5.41, 5.74) is -0.238. The number of rotatable bonds is 6. The molecule has 2 aliphatic heterocycles. The number of hydrogen-bond donors (Lipinski definition) is 8. The molecule has 13 heteroatoms. The molecular weight excluding hydrogens is 520 g/mol. The van der Waals surface area contributed by atoms with Crippen molar-refractivity contribution < 1.29 is 64.6 Å². The number of hydrogen-bond acceptors (Lipinski definition) is 13. The smallest absolute Gasteiger partial charge is 0.229 e. The van der Waals surface area contributed by atoms with Crippen LogP contribution in [0.4, 0.5) is 0 Å². The van der Waals surface area contributed by atoms with E-state index in [-0.39, 0.29) is 34.8 Å². The number of aliphatic hydroxyl groups excluding tert-OH is 6.